The molecule has 2 heterocycles. The number of amides is 4. The zero-order chi connectivity index (χ0) is 30.2. The summed E-state index contributed by atoms with van der Waals surface area (Å²) in [5.41, 5.74) is 2.16. The third kappa shape index (κ3) is 4.13. The Morgan fingerprint density at radius 3 is 1.77 bits per heavy atom. The highest BCUT2D eigenvalue weighted by Crippen LogP contribution is 2.61. The van der Waals surface area contributed by atoms with E-state index in [1.54, 1.807) is 55.5 Å². The first-order valence-corrected chi connectivity index (χ1v) is 14.4. The van der Waals surface area contributed by atoms with E-state index >= 15 is 0 Å². The zero-order valence-electron chi connectivity index (χ0n) is 23.6. The van der Waals surface area contributed by atoms with Crippen molar-refractivity contribution in [3.05, 3.63) is 95.1 Å². The number of anilines is 1. The summed E-state index contributed by atoms with van der Waals surface area (Å²) in [4.78, 5) is 81.5. The molecular weight excluding hydrogens is 548 g/mol. The summed E-state index contributed by atoms with van der Waals surface area (Å²) < 4.78 is 5.64. The van der Waals surface area contributed by atoms with Gasteiger partial charge in [-0.25, -0.2) is 9.69 Å². The maximum Gasteiger partial charge on any atom is 0.343 e. The summed E-state index contributed by atoms with van der Waals surface area (Å²) in [6, 6.07) is 19.8. The van der Waals surface area contributed by atoms with Gasteiger partial charge >= 0.3 is 5.97 Å². The lowest BCUT2D eigenvalue weighted by Gasteiger charge is -2.35. The number of benzene rings is 3. The second-order valence-electron chi connectivity index (χ2n) is 12.0. The van der Waals surface area contributed by atoms with Crippen molar-refractivity contribution in [2.45, 2.75) is 19.8 Å². The number of piperidine rings is 2. The van der Waals surface area contributed by atoms with Crippen LogP contribution in [0.25, 0.3) is 0 Å². The molecule has 0 radical (unpaired) electrons. The van der Waals surface area contributed by atoms with Crippen LogP contribution in [0, 0.1) is 42.4 Å². The van der Waals surface area contributed by atoms with Crippen LogP contribution in [0.15, 0.2) is 72.8 Å². The van der Waals surface area contributed by atoms with Gasteiger partial charge < -0.3 is 4.74 Å². The molecule has 0 spiro atoms. The molecular formula is C34H28N2O7. The van der Waals surface area contributed by atoms with Crippen LogP contribution in [-0.4, -0.2) is 47.3 Å². The molecule has 3 aromatic rings. The second-order valence-corrected chi connectivity index (χ2v) is 12.0. The molecule has 2 saturated heterocycles. The topological polar surface area (TPSA) is 118 Å². The number of rotatable bonds is 5. The molecule has 7 rings (SSSR count). The lowest BCUT2D eigenvalue weighted by atomic mass is 9.82. The van der Waals surface area contributed by atoms with Crippen LogP contribution in [0.1, 0.15) is 44.7 Å². The molecule has 4 aliphatic rings. The number of carbonyl (C=O) groups is 6. The van der Waals surface area contributed by atoms with Crippen LogP contribution in [0.4, 0.5) is 5.69 Å². The molecule has 9 heteroatoms. The Bertz CT molecular complexity index is 1690. The summed E-state index contributed by atoms with van der Waals surface area (Å²) in [5, 5.41) is 0. The monoisotopic (exact) mass is 576 g/mol. The quantitative estimate of drug-likeness (QED) is 0.149. The number of nitrogens with zero attached hydrogens (tertiary/aromatic N) is 2. The summed E-state index contributed by atoms with van der Waals surface area (Å²) in [6.45, 7) is 1.77. The Labute approximate surface area is 247 Å². The fourth-order valence-corrected chi connectivity index (χ4v) is 7.77. The van der Waals surface area contributed by atoms with Crippen LogP contribution in [0.5, 0.6) is 5.75 Å². The predicted octanol–water partition coefficient (Wildman–Crippen LogP) is 3.82. The van der Waals surface area contributed by atoms with Crippen LogP contribution in [0.3, 0.4) is 0 Å². The molecule has 6 atom stereocenters. The molecule has 4 fully saturated rings. The highest BCUT2D eigenvalue weighted by Gasteiger charge is 2.68. The van der Waals surface area contributed by atoms with E-state index in [-0.39, 0.29) is 58.2 Å². The predicted molar refractivity (Wildman–Crippen MR) is 153 cm³/mol. The van der Waals surface area contributed by atoms with Gasteiger partial charge in [0.2, 0.25) is 23.6 Å². The van der Waals surface area contributed by atoms with Gasteiger partial charge in [-0.05, 0) is 61.4 Å². The number of likely N-dealkylation sites (tertiary alicyclic amines) is 1. The normalized spacial score (nSPS) is 27.4. The summed E-state index contributed by atoms with van der Waals surface area (Å²) in [6.07, 6.45) is 0.744. The number of aryl methyl sites for hydroxylation is 1. The van der Waals surface area contributed by atoms with Crippen molar-refractivity contribution >= 4 is 41.1 Å². The molecule has 0 aromatic heterocycles. The molecule has 3 aromatic carbocycles. The number of carbonyl (C=O) groups excluding carboxylic acids is 6. The smallest absolute Gasteiger partial charge is 0.343 e. The maximum atomic E-state index is 13.8. The van der Waals surface area contributed by atoms with Crippen LogP contribution in [-0.2, 0) is 19.2 Å². The fraction of sp³-hybridized carbons (Fsp3) is 0.294. The van der Waals surface area contributed by atoms with E-state index in [0.717, 1.165) is 9.80 Å². The summed E-state index contributed by atoms with van der Waals surface area (Å²) >= 11 is 0. The van der Waals surface area contributed by atoms with Crippen molar-refractivity contribution in [2.24, 2.45) is 35.5 Å². The number of esters is 1. The average Bonchev–Trinajstić information content (AvgIpc) is 3.55. The number of ketones is 1. The Kier molecular flexibility index (Phi) is 6.16. The van der Waals surface area contributed by atoms with E-state index in [4.69, 9.17) is 4.74 Å². The maximum absolute atomic E-state index is 13.8. The van der Waals surface area contributed by atoms with Crippen LogP contribution < -0.4 is 9.64 Å². The van der Waals surface area contributed by atoms with Gasteiger partial charge in [0, 0.05) is 47.9 Å². The van der Waals surface area contributed by atoms with Gasteiger partial charge in [0.15, 0.2) is 5.78 Å². The highest BCUT2D eigenvalue weighted by molar-refractivity contribution is 6.20. The number of imide groups is 2. The average molecular weight is 577 g/mol. The number of ether oxygens (including phenoxy) is 1. The molecule has 9 nitrogen and oxygen atoms in total. The minimum Gasteiger partial charge on any atom is -0.423 e. The number of hydrogen-bond acceptors (Lipinski definition) is 7. The van der Waals surface area contributed by atoms with E-state index < -0.39 is 29.6 Å². The molecule has 0 N–H and O–H groups in total. The Hall–Kier alpha value is -4.92. The first kappa shape index (κ1) is 26.9. The Morgan fingerprint density at radius 1 is 0.674 bits per heavy atom. The third-order valence-electron chi connectivity index (χ3n) is 9.61. The standard InChI is InChI=1S/C34H28N2O7/c1-17-12-21(14-22(13-17)43-34(42)20-10-8-19(9-11-20)29(37)18-6-4-3-5-7-18)36-32(40)25-16-26(33(36)41)28-24-15-23(27(25)28)30(38)35(2)31(24)39/h3-14,23-28H,15-16H2,1-2H3. The van der Waals surface area contributed by atoms with E-state index in [9.17, 15) is 28.8 Å². The molecule has 6 unspecified atom stereocenters. The van der Waals surface area contributed by atoms with Crippen molar-refractivity contribution in [1.82, 2.24) is 4.90 Å². The Balaban J connectivity index is 1.12. The minimum absolute atomic E-state index is 0.159. The number of hydrogen-bond donors (Lipinski definition) is 0. The molecule has 216 valence electrons. The zero-order valence-corrected chi connectivity index (χ0v) is 23.6. The van der Waals surface area contributed by atoms with Crippen molar-refractivity contribution in [3.63, 3.8) is 0 Å². The molecule has 2 aliphatic carbocycles. The van der Waals surface area contributed by atoms with Gasteiger partial charge in [-0.3, -0.25) is 28.9 Å². The summed E-state index contributed by atoms with van der Waals surface area (Å²) in [7, 11) is 1.48. The van der Waals surface area contributed by atoms with Gasteiger partial charge in [-0.1, -0.05) is 42.5 Å². The molecule has 4 bridgehead atoms. The molecule has 2 saturated carbocycles. The second kappa shape index (κ2) is 9.83. The van der Waals surface area contributed by atoms with Gasteiger partial charge in [-0.15, -0.1) is 0 Å². The fourth-order valence-electron chi connectivity index (χ4n) is 7.77. The highest BCUT2D eigenvalue weighted by atomic mass is 16.5. The summed E-state index contributed by atoms with van der Waals surface area (Å²) in [5.74, 6) is -4.58. The van der Waals surface area contributed by atoms with Gasteiger partial charge in [0.05, 0.1) is 11.3 Å². The SMILES string of the molecule is Cc1cc(OC(=O)c2ccc(C(=O)c3ccccc3)cc2)cc(N2C(=O)C3CC(C2=O)C2C4CC(C(=O)N(C)C4=O)C32)c1. The Morgan fingerprint density at radius 2 is 1.19 bits per heavy atom. The third-order valence-corrected chi connectivity index (χ3v) is 9.61. The lowest BCUT2D eigenvalue weighted by molar-refractivity contribution is -0.152. The molecule has 2 aliphatic heterocycles. The van der Waals surface area contributed by atoms with E-state index in [0.29, 0.717) is 29.5 Å². The van der Waals surface area contributed by atoms with Crippen molar-refractivity contribution in [2.75, 3.05) is 11.9 Å². The number of fused-ring (bicyclic) bond motifs is 9. The van der Waals surface area contributed by atoms with E-state index in [1.807, 2.05) is 6.07 Å². The van der Waals surface area contributed by atoms with Gasteiger partial charge in [0.25, 0.3) is 0 Å². The molecule has 43 heavy (non-hydrogen) atoms. The first-order valence-electron chi connectivity index (χ1n) is 14.4. The molecule has 4 amide bonds. The minimum atomic E-state index is -0.657. The lowest BCUT2D eigenvalue weighted by Crippen LogP contribution is -2.51. The van der Waals surface area contributed by atoms with Gasteiger partial charge in [-0.2, -0.15) is 0 Å². The van der Waals surface area contributed by atoms with E-state index in [1.165, 1.54) is 25.2 Å². The van der Waals surface area contributed by atoms with Crippen LogP contribution >= 0.6 is 0 Å². The van der Waals surface area contributed by atoms with Gasteiger partial charge in [0.1, 0.15) is 5.75 Å². The van der Waals surface area contributed by atoms with Crippen molar-refractivity contribution in [3.8, 4) is 5.75 Å². The van der Waals surface area contributed by atoms with Crippen molar-refractivity contribution in [1.29, 1.82) is 0 Å². The van der Waals surface area contributed by atoms with Crippen molar-refractivity contribution < 1.29 is 33.5 Å². The first-order chi connectivity index (χ1) is 20.6. The van der Waals surface area contributed by atoms with E-state index in [2.05, 4.69) is 0 Å². The van der Waals surface area contributed by atoms with Crippen LogP contribution in [0.2, 0.25) is 0 Å². The largest absolute Gasteiger partial charge is 0.423 e.